The first-order chi connectivity index (χ1) is 24.2. The van der Waals surface area contributed by atoms with Crippen molar-refractivity contribution in [2.45, 2.75) is 207 Å². The van der Waals surface area contributed by atoms with Crippen LogP contribution in [0.1, 0.15) is 207 Å². The van der Waals surface area contributed by atoms with Gasteiger partial charge in [0, 0.05) is 38.5 Å². The van der Waals surface area contributed by atoms with Crippen LogP contribution in [0, 0.1) is 0 Å². The highest BCUT2D eigenvalue weighted by molar-refractivity contribution is 5.78. The van der Waals surface area contributed by atoms with Crippen LogP contribution in [-0.2, 0) is 19.2 Å². The number of carbonyl (C=O) groups excluding carboxylic acids is 4. The van der Waals surface area contributed by atoms with E-state index in [0.717, 1.165) is 25.7 Å². The van der Waals surface area contributed by atoms with Crippen LogP contribution in [0.25, 0.3) is 0 Å². The summed E-state index contributed by atoms with van der Waals surface area (Å²) >= 11 is 0. The van der Waals surface area contributed by atoms with Gasteiger partial charge >= 0.3 is 0 Å². The third-order valence-electron chi connectivity index (χ3n) is 4.78. The molecule has 0 radical (unpaired) electrons. The molecule has 0 spiro atoms. The molecule has 0 heterocycles. The summed E-state index contributed by atoms with van der Waals surface area (Å²) in [5.41, 5.74) is 0. The van der Waals surface area contributed by atoms with Crippen molar-refractivity contribution in [2.24, 2.45) is 0 Å². The smallest absolute Gasteiger partial charge is 0.132 e. The Hall–Kier alpha value is -3.66. The molecule has 56 heavy (non-hydrogen) atoms. The summed E-state index contributed by atoms with van der Waals surface area (Å²) in [7, 11) is 0. The maximum absolute atomic E-state index is 10.2. The minimum absolute atomic E-state index is 0. The molecule has 0 aliphatic heterocycles. The van der Waals surface area contributed by atoms with Gasteiger partial charge in [-0.3, -0.25) is 9.59 Å². The lowest BCUT2D eigenvalue weighted by Gasteiger charge is -1.81. The summed E-state index contributed by atoms with van der Waals surface area (Å²) in [5.74, 6) is 1.26. The molecule has 3 aromatic rings. The largest absolute Gasteiger partial charge is 0.300 e. The summed E-state index contributed by atoms with van der Waals surface area (Å²) in [6.07, 6.45) is 6.20. The molecule has 0 saturated heterocycles. The number of hydrogen-bond donors (Lipinski definition) is 0. The zero-order chi connectivity index (χ0) is 40.7. The van der Waals surface area contributed by atoms with Gasteiger partial charge in [0.05, 0.1) is 0 Å². The molecule has 0 saturated carbocycles. The number of ketones is 4. The van der Waals surface area contributed by atoms with Gasteiger partial charge in [-0.05, 0) is 26.7 Å². The van der Waals surface area contributed by atoms with Gasteiger partial charge in [-0.2, -0.15) is 0 Å². The van der Waals surface area contributed by atoms with Gasteiger partial charge in [-0.25, -0.2) is 0 Å². The summed E-state index contributed by atoms with van der Waals surface area (Å²) in [6.45, 7) is 30.8. The molecule has 0 aromatic heterocycles. The van der Waals surface area contributed by atoms with E-state index in [1.54, 1.807) is 13.8 Å². The Labute approximate surface area is 357 Å². The number of rotatable bonds is 8. The Kier molecular flexibility index (Phi) is 185. The van der Waals surface area contributed by atoms with Gasteiger partial charge in [0.25, 0.3) is 0 Å². The van der Waals surface area contributed by atoms with Crippen molar-refractivity contribution in [1.29, 1.82) is 0 Å². The van der Waals surface area contributed by atoms with Crippen molar-refractivity contribution in [3.63, 3.8) is 0 Å². The van der Waals surface area contributed by atoms with E-state index in [-0.39, 0.29) is 56.1 Å². The molecular weight excluding hydrogens is 689 g/mol. The van der Waals surface area contributed by atoms with E-state index in [1.807, 2.05) is 206 Å². The Bertz CT molecular complexity index is 726. The van der Waals surface area contributed by atoms with Crippen LogP contribution in [0.15, 0.2) is 109 Å². The zero-order valence-electron chi connectivity index (χ0n) is 35.7. The van der Waals surface area contributed by atoms with E-state index in [2.05, 4.69) is 0 Å². The van der Waals surface area contributed by atoms with Crippen LogP contribution in [0.3, 0.4) is 0 Å². The van der Waals surface area contributed by atoms with Crippen LogP contribution >= 0.6 is 0 Å². The SMILES string of the molecule is C.C.C.C.C.C.CC.CC.CC.CC.CCC(=O)CC.CCC(=O)CC.CCCC(C)=O.CCCC(C)=O.c1ccccc1.c1ccccc1.c1ccccc1. The summed E-state index contributed by atoms with van der Waals surface area (Å²) in [5, 5.41) is 0. The molecular formula is C52H106O4. The molecule has 0 bridgehead atoms. The van der Waals surface area contributed by atoms with Gasteiger partial charge in [0.1, 0.15) is 23.1 Å². The monoisotopic (exact) mass is 795 g/mol. The predicted molar refractivity (Wildman–Crippen MR) is 267 cm³/mol. The Morgan fingerprint density at radius 3 is 0.411 bits per heavy atom. The average Bonchev–Trinajstić information content (AvgIpc) is 3.20. The molecule has 4 nitrogen and oxygen atoms in total. The molecule has 0 aliphatic carbocycles. The first-order valence-corrected chi connectivity index (χ1v) is 19.2. The van der Waals surface area contributed by atoms with Gasteiger partial charge in [0.15, 0.2) is 0 Å². The highest BCUT2D eigenvalue weighted by Gasteiger charge is 1.87. The first-order valence-electron chi connectivity index (χ1n) is 19.2. The Morgan fingerprint density at radius 2 is 0.393 bits per heavy atom. The fourth-order valence-electron chi connectivity index (χ4n) is 2.36. The summed E-state index contributed by atoms with van der Waals surface area (Å²) < 4.78 is 0. The van der Waals surface area contributed by atoms with Crippen LogP contribution in [0.5, 0.6) is 0 Å². The summed E-state index contributed by atoms with van der Waals surface area (Å²) in [6, 6.07) is 36.0. The number of Topliss-reactive ketones (excluding diaryl/α,β-unsaturated/α-hetero) is 4. The molecule has 0 fully saturated rings. The molecule has 3 rings (SSSR count). The Balaban J connectivity index is -0.0000000292. The van der Waals surface area contributed by atoms with E-state index in [1.165, 1.54) is 0 Å². The second-order valence-corrected chi connectivity index (χ2v) is 8.86. The normalized spacial score (nSPS) is 6.57. The second-order valence-electron chi connectivity index (χ2n) is 8.86. The highest BCUT2D eigenvalue weighted by Crippen LogP contribution is 1.86. The lowest BCUT2D eigenvalue weighted by molar-refractivity contribution is -0.119. The average molecular weight is 795 g/mol. The van der Waals surface area contributed by atoms with E-state index in [0.29, 0.717) is 37.2 Å². The van der Waals surface area contributed by atoms with Crippen LogP contribution in [0.2, 0.25) is 0 Å². The third-order valence-corrected chi connectivity index (χ3v) is 4.78. The number of hydrogen-bond acceptors (Lipinski definition) is 4. The molecule has 0 aliphatic rings. The standard InChI is InChI=1S/3C6H6.4C5H10O.4C2H6.6CH4/c3*1-2-4-6-5-3-1;2*1-3-4-5(2)6;2*1-3-5(6)4-2;4*1-2;;;;;;/h3*1-6H;4*3-4H2,1-2H3;4*1-2H3;6*1H4. The van der Waals surface area contributed by atoms with E-state index >= 15 is 0 Å². The molecule has 0 unspecified atom stereocenters. The minimum atomic E-state index is 0. The fourth-order valence-corrected chi connectivity index (χ4v) is 2.36. The van der Waals surface area contributed by atoms with Gasteiger partial charge in [-0.1, -0.05) is 251 Å². The van der Waals surface area contributed by atoms with E-state index < -0.39 is 0 Å². The highest BCUT2D eigenvalue weighted by atomic mass is 16.1. The maximum atomic E-state index is 10.2. The van der Waals surface area contributed by atoms with Crippen molar-refractivity contribution in [3.8, 4) is 0 Å². The van der Waals surface area contributed by atoms with Crippen LogP contribution in [-0.4, -0.2) is 23.1 Å². The Morgan fingerprint density at radius 1 is 0.286 bits per heavy atom. The van der Waals surface area contributed by atoms with Crippen molar-refractivity contribution in [2.75, 3.05) is 0 Å². The van der Waals surface area contributed by atoms with Gasteiger partial charge in [-0.15, -0.1) is 0 Å². The topological polar surface area (TPSA) is 68.3 Å². The fraction of sp³-hybridized carbons (Fsp3) is 0.577. The van der Waals surface area contributed by atoms with Crippen LogP contribution < -0.4 is 0 Å². The van der Waals surface area contributed by atoms with Crippen molar-refractivity contribution in [3.05, 3.63) is 109 Å². The molecule has 4 heteroatoms. The summed E-state index contributed by atoms with van der Waals surface area (Å²) in [4.78, 5) is 40.4. The van der Waals surface area contributed by atoms with E-state index in [4.69, 9.17) is 0 Å². The van der Waals surface area contributed by atoms with Crippen molar-refractivity contribution < 1.29 is 19.2 Å². The third kappa shape index (κ3) is 153. The van der Waals surface area contributed by atoms with Gasteiger partial charge in [0.2, 0.25) is 0 Å². The molecule has 338 valence electrons. The zero-order valence-corrected chi connectivity index (χ0v) is 35.7. The lowest BCUT2D eigenvalue weighted by Crippen LogP contribution is -1.88. The molecule has 0 atom stereocenters. The number of carbonyl (C=O) groups is 4. The van der Waals surface area contributed by atoms with Crippen molar-refractivity contribution in [1.82, 2.24) is 0 Å². The van der Waals surface area contributed by atoms with Crippen molar-refractivity contribution >= 4 is 23.1 Å². The lowest BCUT2D eigenvalue weighted by atomic mass is 10.3. The second kappa shape index (κ2) is 110. The van der Waals surface area contributed by atoms with Gasteiger partial charge < -0.3 is 9.59 Å². The predicted octanol–water partition coefficient (Wildman–Crippen LogP) is 18.5. The quantitative estimate of drug-likeness (QED) is 0.228. The first kappa shape index (κ1) is 93.9. The minimum Gasteiger partial charge on any atom is -0.300 e. The van der Waals surface area contributed by atoms with E-state index in [9.17, 15) is 19.2 Å². The maximum Gasteiger partial charge on any atom is 0.132 e. The van der Waals surface area contributed by atoms with Crippen LogP contribution in [0.4, 0.5) is 0 Å². The number of benzene rings is 3. The molecule has 3 aromatic carbocycles. The molecule has 0 amide bonds. The molecule has 0 N–H and O–H groups in total.